The molecule has 1 atom stereocenters. The van der Waals surface area contributed by atoms with Gasteiger partial charge in [-0.3, -0.25) is 4.90 Å². The molecule has 0 radical (unpaired) electrons. The lowest BCUT2D eigenvalue weighted by Crippen LogP contribution is -2.43. The average Bonchev–Trinajstić information content (AvgIpc) is 2.00. The first-order valence-corrected chi connectivity index (χ1v) is 4.89. The van der Waals surface area contributed by atoms with Gasteiger partial charge in [0, 0.05) is 12.6 Å². The van der Waals surface area contributed by atoms with Crippen LogP contribution < -0.4 is 0 Å². The number of hydrogen-bond acceptors (Lipinski definition) is 2. The van der Waals surface area contributed by atoms with E-state index in [0.717, 1.165) is 19.5 Å². The Morgan fingerprint density at radius 1 is 1.33 bits per heavy atom. The van der Waals surface area contributed by atoms with Gasteiger partial charge in [-0.2, -0.15) is 0 Å². The summed E-state index contributed by atoms with van der Waals surface area (Å²) < 4.78 is 0. The van der Waals surface area contributed by atoms with Crippen LogP contribution in [0.15, 0.2) is 0 Å². The van der Waals surface area contributed by atoms with Gasteiger partial charge >= 0.3 is 0 Å². The fourth-order valence-corrected chi connectivity index (χ4v) is 1.21. The van der Waals surface area contributed by atoms with E-state index in [1.807, 2.05) is 13.8 Å². The fourth-order valence-electron chi connectivity index (χ4n) is 1.21. The Labute approximate surface area is 76.6 Å². The molecule has 0 aromatic carbocycles. The zero-order valence-corrected chi connectivity index (χ0v) is 9.09. The Bertz CT molecular complexity index is 121. The van der Waals surface area contributed by atoms with Crippen LogP contribution in [0.1, 0.15) is 41.0 Å². The molecule has 0 saturated heterocycles. The summed E-state index contributed by atoms with van der Waals surface area (Å²) in [7, 11) is 0. The predicted molar refractivity (Wildman–Crippen MR) is 53.3 cm³/mol. The third-order valence-corrected chi connectivity index (χ3v) is 2.44. The number of rotatable bonds is 5. The van der Waals surface area contributed by atoms with E-state index < -0.39 is 5.60 Å². The quantitative estimate of drug-likeness (QED) is 0.686. The van der Waals surface area contributed by atoms with Crippen LogP contribution in [0.2, 0.25) is 0 Å². The number of hydrogen-bond donors (Lipinski definition) is 1. The van der Waals surface area contributed by atoms with Crippen molar-refractivity contribution < 1.29 is 5.11 Å². The summed E-state index contributed by atoms with van der Waals surface area (Å²) in [6.07, 6.45) is 0.816. The molecule has 0 amide bonds. The second-order valence-corrected chi connectivity index (χ2v) is 4.01. The smallest absolute Gasteiger partial charge is 0.0743 e. The lowest BCUT2D eigenvalue weighted by Gasteiger charge is -2.32. The second-order valence-electron chi connectivity index (χ2n) is 4.01. The van der Waals surface area contributed by atoms with Gasteiger partial charge in [0.05, 0.1) is 5.60 Å². The van der Waals surface area contributed by atoms with Crippen molar-refractivity contribution >= 4 is 0 Å². The lowest BCUT2D eigenvalue weighted by atomic mass is 10.0. The first-order valence-electron chi connectivity index (χ1n) is 4.89. The molecule has 0 heterocycles. The SMILES string of the molecule is CCN(CC(C)(O)CC)C(C)C. The maximum absolute atomic E-state index is 9.83. The minimum atomic E-state index is -0.527. The summed E-state index contributed by atoms with van der Waals surface area (Å²) in [4.78, 5) is 2.28. The fraction of sp³-hybridized carbons (Fsp3) is 1.00. The maximum Gasteiger partial charge on any atom is 0.0743 e. The summed E-state index contributed by atoms with van der Waals surface area (Å²) in [5, 5.41) is 9.83. The zero-order chi connectivity index (χ0) is 9.78. The number of aliphatic hydroxyl groups is 1. The molecule has 0 bridgehead atoms. The molecule has 0 aliphatic rings. The first kappa shape index (κ1) is 11.9. The molecule has 2 nitrogen and oxygen atoms in total. The van der Waals surface area contributed by atoms with E-state index >= 15 is 0 Å². The van der Waals surface area contributed by atoms with E-state index in [0.29, 0.717) is 6.04 Å². The van der Waals surface area contributed by atoms with Crippen LogP contribution in [-0.2, 0) is 0 Å². The Morgan fingerprint density at radius 2 is 1.83 bits per heavy atom. The van der Waals surface area contributed by atoms with Crippen molar-refractivity contribution in [2.45, 2.75) is 52.7 Å². The maximum atomic E-state index is 9.83. The molecule has 1 unspecified atom stereocenters. The molecule has 0 rings (SSSR count). The average molecular weight is 173 g/mol. The third kappa shape index (κ3) is 4.07. The largest absolute Gasteiger partial charge is 0.389 e. The lowest BCUT2D eigenvalue weighted by molar-refractivity contribution is 0.00898. The van der Waals surface area contributed by atoms with E-state index in [4.69, 9.17) is 0 Å². The molecule has 0 aliphatic heterocycles. The van der Waals surface area contributed by atoms with E-state index in [1.54, 1.807) is 0 Å². The Morgan fingerprint density at radius 3 is 2.08 bits per heavy atom. The van der Waals surface area contributed by atoms with Gasteiger partial charge in [0.1, 0.15) is 0 Å². The van der Waals surface area contributed by atoms with E-state index in [1.165, 1.54) is 0 Å². The van der Waals surface area contributed by atoms with Crippen molar-refractivity contribution in [3.8, 4) is 0 Å². The summed E-state index contributed by atoms with van der Waals surface area (Å²) in [6.45, 7) is 12.2. The van der Waals surface area contributed by atoms with Gasteiger partial charge in [0.2, 0.25) is 0 Å². The van der Waals surface area contributed by atoms with Gasteiger partial charge in [-0.25, -0.2) is 0 Å². The highest BCUT2D eigenvalue weighted by Crippen LogP contribution is 2.12. The normalized spacial score (nSPS) is 17.0. The van der Waals surface area contributed by atoms with Crippen LogP contribution in [0.5, 0.6) is 0 Å². The molecule has 2 heteroatoms. The molecule has 0 spiro atoms. The van der Waals surface area contributed by atoms with Gasteiger partial charge in [-0.05, 0) is 33.7 Å². The van der Waals surface area contributed by atoms with Crippen molar-refractivity contribution in [1.82, 2.24) is 4.90 Å². The highest BCUT2D eigenvalue weighted by Gasteiger charge is 2.22. The van der Waals surface area contributed by atoms with Crippen LogP contribution in [0.3, 0.4) is 0 Å². The monoisotopic (exact) mass is 173 g/mol. The number of nitrogens with zero attached hydrogens (tertiary/aromatic N) is 1. The van der Waals surface area contributed by atoms with Crippen LogP contribution in [0.25, 0.3) is 0 Å². The molecule has 0 aromatic heterocycles. The van der Waals surface area contributed by atoms with Crippen LogP contribution in [0.4, 0.5) is 0 Å². The van der Waals surface area contributed by atoms with Crippen molar-refractivity contribution in [1.29, 1.82) is 0 Å². The van der Waals surface area contributed by atoms with Gasteiger partial charge in [0.15, 0.2) is 0 Å². The second kappa shape index (κ2) is 4.83. The third-order valence-electron chi connectivity index (χ3n) is 2.44. The molecular formula is C10H23NO. The summed E-state index contributed by atoms with van der Waals surface area (Å²) >= 11 is 0. The Hall–Kier alpha value is -0.0800. The van der Waals surface area contributed by atoms with E-state index in [9.17, 15) is 5.11 Å². The molecule has 0 fully saturated rings. The minimum Gasteiger partial charge on any atom is -0.389 e. The standard InChI is InChI=1S/C10H23NO/c1-6-10(5,12)8-11(7-2)9(3)4/h9,12H,6-8H2,1-5H3. The van der Waals surface area contributed by atoms with E-state index in [-0.39, 0.29) is 0 Å². The predicted octanol–water partition coefficient (Wildman–Crippen LogP) is 1.88. The van der Waals surface area contributed by atoms with Crippen molar-refractivity contribution in [3.63, 3.8) is 0 Å². The van der Waals surface area contributed by atoms with Gasteiger partial charge in [-0.15, -0.1) is 0 Å². The van der Waals surface area contributed by atoms with Crippen LogP contribution in [0, 0.1) is 0 Å². The summed E-state index contributed by atoms with van der Waals surface area (Å²) in [6, 6.07) is 0.521. The van der Waals surface area contributed by atoms with Crippen molar-refractivity contribution in [2.24, 2.45) is 0 Å². The van der Waals surface area contributed by atoms with Crippen LogP contribution in [-0.4, -0.2) is 34.7 Å². The first-order chi connectivity index (χ1) is 5.43. The van der Waals surface area contributed by atoms with Gasteiger partial charge in [-0.1, -0.05) is 13.8 Å². The van der Waals surface area contributed by atoms with Gasteiger partial charge < -0.3 is 5.11 Å². The summed E-state index contributed by atoms with van der Waals surface area (Å²) in [5.74, 6) is 0. The molecule has 12 heavy (non-hydrogen) atoms. The van der Waals surface area contributed by atoms with Crippen LogP contribution >= 0.6 is 0 Å². The highest BCUT2D eigenvalue weighted by atomic mass is 16.3. The van der Waals surface area contributed by atoms with Crippen molar-refractivity contribution in [3.05, 3.63) is 0 Å². The van der Waals surface area contributed by atoms with E-state index in [2.05, 4.69) is 25.7 Å². The highest BCUT2D eigenvalue weighted by molar-refractivity contribution is 4.76. The van der Waals surface area contributed by atoms with Crippen molar-refractivity contribution in [2.75, 3.05) is 13.1 Å². The molecule has 0 aliphatic carbocycles. The van der Waals surface area contributed by atoms with Gasteiger partial charge in [0.25, 0.3) is 0 Å². The Kier molecular flexibility index (Phi) is 4.80. The molecule has 1 N–H and O–H groups in total. The topological polar surface area (TPSA) is 23.5 Å². The number of likely N-dealkylation sites (N-methyl/N-ethyl adjacent to an activating group) is 1. The molecule has 74 valence electrons. The zero-order valence-electron chi connectivity index (χ0n) is 9.09. The molecular weight excluding hydrogens is 150 g/mol. The minimum absolute atomic E-state index is 0.521. The molecule has 0 aromatic rings. The molecule has 0 saturated carbocycles. The summed E-state index contributed by atoms with van der Waals surface area (Å²) in [5.41, 5.74) is -0.527. The Balaban J connectivity index is 4.01.